The molecule has 1 N–H and O–H groups in total. The lowest BCUT2D eigenvalue weighted by atomic mass is 9.90. The molecule has 0 aliphatic rings. The molecule has 0 saturated heterocycles. The van der Waals surface area contributed by atoms with Crippen LogP contribution in [0.1, 0.15) is 50.8 Å². The maximum Gasteiger partial charge on any atom is 0.435 e. The van der Waals surface area contributed by atoms with E-state index in [0.29, 0.717) is 17.7 Å². The number of nitroso groups, excluding NO2 is 1. The van der Waals surface area contributed by atoms with Crippen molar-refractivity contribution in [2.75, 3.05) is 16.8 Å². The van der Waals surface area contributed by atoms with E-state index in [1.807, 2.05) is 0 Å². The van der Waals surface area contributed by atoms with Gasteiger partial charge in [-0.05, 0) is 68.7 Å². The Morgan fingerprint density at radius 2 is 1.38 bits per heavy atom. The van der Waals surface area contributed by atoms with Gasteiger partial charge in [0, 0.05) is 34.6 Å². The molecule has 3 rings (SSSR count). The van der Waals surface area contributed by atoms with Crippen molar-refractivity contribution < 1.29 is 40.3 Å². The average molecular weight is 598 g/mol. The Hall–Kier alpha value is -4.29. The number of alkyl halides is 7. The molecule has 0 bridgehead atoms. The van der Waals surface area contributed by atoms with Crippen LogP contribution in [0.4, 0.5) is 42.1 Å². The second-order valence-electron chi connectivity index (χ2n) is 9.71. The van der Waals surface area contributed by atoms with Crippen LogP contribution in [0, 0.1) is 18.8 Å². The largest absolute Gasteiger partial charge is 0.435 e. The van der Waals surface area contributed by atoms with Gasteiger partial charge in [0.15, 0.2) is 0 Å². The van der Waals surface area contributed by atoms with E-state index in [1.54, 1.807) is 43.3 Å². The van der Waals surface area contributed by atoms with E-state index in [1.165, 1.54) is 23.1 Å². The van der Waals surface area contributed by atoms with Crippen LogP contribution >= 0.6 is 0 Å². The smallest absolute Gasteiger partial charge is 0.322 e. The first-order valence-electron chi connectivity index (χ1n) is 12.6. The molecule has 2 amide bonds. The number of nitrogens with zero attached hydrogens (tertiary/aromatic N) is 2. The highest BCUT2D eigenvalue weighted by molar-refractivity contribution is 6.08. The molecule has 13 heteroatoms. The van der Waals surface area contributed by atoms with E-state index in [9.17, 15) is 45.2 Å². The Morgan fingerprint density at radius 3 is 1.90 bits per heavy atom. The molecule has 0 heterocycles. The molecule has 0 aromatic heterocycles. The van der Waals surface area contributed by atoms with Gasteiger partial charge in [0.25, 0.3) is 11.8 Å². The van der Waals surface area contributed by atoms with Crippen molar-refractivity contribution in [3.63, 3.8) is 0 Å². The zero-order valence-corrected chi connectivity index (χ0v) is 22.6. The van der Waals surface area contributed by atoms with Crippen LogP contribution in [0.2, 0.25) is 0 Å². The molecule has 3 aromatic carbocycles. The van der Waals surface area contributed by atoms with Gasteiger partial charge in [0.2, 0.25) is 0 Å². The van der Waals surface area contributed by atoms with Gasteiger partial charge in [-0.1, -0.05) is 41.6 Å². The van der Waals surface area contributed by atoms with E-state index in [-0.39, 0.29) is 41.0 Å². The number of nitrogens with one attached hydrogen (secondary N) is 1. The number of carbonyl (C=O) groups excluding carboxylic acids is 2. The van der Waals surface area contributed by atoms with Gasteiger partial charge >= 0.3 is 18.0 Å². The summed E-state index contributed by atoms with van der Waals surface area (Å²) >= 11 is 0. The lowest BCUT2D eigenvalue weighted by Gasteiger charge is -2.31. The van der Waals surface area contributed by atoms with Crippen LogP contribution in [0.3, 0.4) is 0 Å². The zero-order chi connectivity index (χ0) is 31.5. The molecule has 42 heavy (non-hydrogen) atoms. The SMILES string of the molecule is Cc1cc(C(F)(C(F)(F)F)C(F)(F)F)cc(C)c1NC(=O)c1cccc(N(CCC(C)N=O)C(=O)c2ccccc2)c1. The van der Waals surface area contributed by atoms with E-state index in [0.717, 1.165) is 13.8 Å². The lowest BCUT2D eigenvalue weighted by molar-refractivity contribution is -0.348. The fourth-order valence-corrected chi connectivity index (χ4v) is 4.30. The van der Waals surface area contributed by atoms with Crippen molar-refractivity contribution in [1.82, 2.24) is 0 Å². The van der Waals surface area contributed by atoms with Crippen molar-refractivity contribution in [1.29, 1.82) is 0 Å². The molecule has 0 spiro atoms. The minimum absolute atomic E-state index is 0.00761. The van der Waals surface area contributed by atoms with Crippen LogP contribution in [0.25, 0.3) is 0 Å². The number of benzene rings is 3. The topological polar surface area (TPSA) is 78.8 Å². The van der Waals surface area contributed by atoms with Crippen LogP contribution in [-0.2, 0) is 5.67 Å². The standard InChI is InChI=1S/C29H26F7N3O3/c1-17-14-22(27(30,28(31,32)33)29(34,35)36)15-18(2)24(17)37-25(40)21-10-7-11-23(16-21)39(13-12-19(3)38-42)26(41)20-8-5-4-6-9-20/h4-11,14-16,19H,12-13H2,1-3H3,(H,37,40). The molecular formula is C29H26F7N3O3. The first-order chi connectivity index (χ1) is 19.5. The molecule has 6 nitrogen and oxygen atoms in total. The summed E-state index contributed by atoms with van der Waals surface area (Å²) in [6, 6.07) is 14.2. The molecule has 3 aromatic rings. The molecule has 0 aliphatic heterocycles. The zero-order valence-electron chi connectivity index (χ0n) is 22.6. The summed E-state index contributed by atoms with van der Waals surface area (Å²) in [7, 11) is 0. The molecule has 0 radical (unpaired) electrons. The molecule has 1 atom stereocenters. The van der Waals surface area contributed by atoms with Crippen LogP contribution in [0.15, 0.2) is 71.9 Å². The van der Waals surface area contributed by atoms with E-state index in [4.69, 9.17) is 0 Å². The van der Waals surface area contributed by atoms with E-state index < -0.39 is 41.4 Å². The highest BCUT2D eigenvalue weighted by Gasteiger charge is 2.73. The van der Waals surface area contributed by atoms with Gasteiger partial charge in [0.05, 0.1) is 6.04 Å². The summed E-state index contributed by atoms with van der Waals surface area (Å²) in [5, 5.41) is 5.40. The highest BCUT2D eigenvalue weighted by Crippen LogP contribution is 2.53. The van der Waals surface area contributed by atoms with E-state index >= 15 is 0 Å². The Morgan fingerprint density at radius 1 is 0.833 bits per heavy atom. The summed E-state index contributed by atoms with van der Waals surface area (Å²) in [6.07, 6.45) is -12.3. The number of amides is 2. The van der Waals surface area contributed by atoms with Gasteiger partial charge in [-0.2, -0.15) is 31.2 Å². The molecular weight excluding hydrogens is 571 g/mol. The normalized spacial score (nSPS) is 12.9. The minimum Gasteiger partial charge on any atom is -0.322 e. The van der Waals surface area contributed by atoms with Crippen molar-refractivity contribution in [3.05, 3.63) is 99.5 Å². The summed E-state index contributed by atoms with van der Waals surface area (Å²) in [4.78, 5) is 38.7. The Kier molecular flexibility index (Phi) is 9.43. The van der Waals surface area contributed by atoms with Crippen molar-refractivity contribution in [2.24, 2.45) is 5.18 Å². The molecule has 0 fully saturated rings. The first-order valence-corrected chi connectivity index (χ1v) is 12.6. The third-order valence-electron chi connectivity index (χ3n) is 6.59. The number of anilines is 2. The maximum atomic E-state index is 14.6. The van der Waals surface area contributed by atoms with Crippen LogP contribution in [0.5, 0.6) is 0 Å². The minimum atomic E-state index is -6.28. The molecule has 0 saturated carbocycles. The fraction of sp³-hybridized carbons (Fsp3) is 0.310. The summed E-state index contributed by atoms with van der Waals surface area (Å²) in [6.45, 7) is 3.93. The second-order valence-corrected chi connectivity index (χ2v) is 9.71. The van der Waals surface area contributed by atoms with Gasteiger partial charge < -0.3 is 10.2 Å². The van der Waals surface area contributed by atoms with Crippen molar-refractivity contribution in [2.45, 2.75) is 51.3 Å². The third-order valence-corrected chi connectivity index (χ3v) is 6.59. The van der Waals surface area contributed by atoms with Gasteiger partial charge in [-0.15, -0.1) is 0 Å². The second kappa shape index (κ2) is 12.3. The van der Waals surface area contributed by atoms with Gasteiger partial charge in [0.1, 0.15) is 0 Å². The summed E-state index contributed by atoms with van der Waals surface area (Å²) in [5.74, 6) is -1.21. The predicted molar refractivity (Wildman–Crippen MR) is 143 cm³/mol. The third kappa shape index (κ3) is 6.60. The monoisotopic (exact) mass is 597 g/mol. The molecule has 224 valence electrons. The molecule has 1 unspecified atom stereocenters. The fourth-order valence-electron chi connectivity index (χ4n) is 4.30. The van der Waals surface area contributed by atoms with Crippen LogP contribution in [-0.4, -0.2) is 36.8 Å². The Balaban J connectivity index is 1.95. The number of carbonyl (C=O) groups is 2. The first kappa shape index (κ1) is 32.2. The van der Waals surface area contributed by atoms with Crippen molar-refractivity contribution >= 4 is 23.2 Å². The van der Waals surface area contributed by atoms with Gasteiger partial charge in [-0.3, -0.25) is 9.59 Å². The van der Waals surface area contributed by atoms with E-state index in [2.05, 4.69) is 10.5 Å². The Labute approximate surface area is 236 Å². The maximum absolute atomic E-state index is 14.6. The number of rotatable bonds is 9. The number of aryl methyl sites for hydroxylation is 2. The lowest BCUT2D eigenvalue weighted by Crippen LogP contribution is -2.50. The quantitative estimate of drug-likeness (QED) is 0.200. The predicted octanol–water partition coefficient (Wildman–Crippen LogP) is 8.04. The number of hydrogen-bond donors (Lipinski definition) is 1. The number of hydrogen-bond acceptors (Lipinski definition) is 4. The Bertz CT molecular complexity index is 1420. The number of halogens is 7. The van der Waals surface area contributed by atoms with Gasteiger partial charge in [-0.25, -0.2) is 4.39 Å². The highest BCUT2D eigenvalue weighted by atomic mass is 19.4. The summed E-state index contributed by atoms with van der Waals surface area (Å²) in [5.41, 5.74) is -7.22. The molecule has 0 aliphatic carbocycles. The average Bonchev–Trinajstić information content (AvgIpc) is 2.93. The van der Waals surface area contributed by atoms with Crippen LogP contribution < -0.4 is 10.2 Å². The van der Waals surface area contributed by atoms with Crippen molar-refractivity contribution in [3.8, 4) is 0 Å². The summed E-state index contributed by atoms with van der Waals surface area (Å²) < 4.78 is 94.1.